The second kappa shape index (κ2) is 6.84. The first-order chi connectivity index (χ1) is 11.9. The molecule has 1 aromatic heterocycles. The van der Waals surface area contributed by atoms with E-state index in [2.05, 4.69) is 4.98 Å². The number of oxazole rings is 1. The number of hydrogen-bond acceptors (Lipinski definition) is 5. The molecule has 0 saturated heterocycles. The fourth-order valence-electron chi connectivity index (χ4n) is 3.03. The van der Waals surface area contributed by atoms with E-state index in [0.29, 0.717) is 5.89 Å². The van der Waals surface area contributed by atoms with E-state index in [1.54, 1.807) is 0 Å². The lowest BCUT2D eigenvalue weighted by molar-refractivity contribution is 0.366. The molecule has 0 radical (unpaired) electrons. The lowest BCUT2D eigenvalue weighted by Crippen LogP contribution is -2.27. The van der Waals surface area contributed by atoms with Crippen molar-refractivity contribution in [3.63, 3.8) is 0 Å². The third-order valence-electron chi connectivity index (χ3n) is 4.43. The molecule has 0 bridgehead atoms. The molecular weight excluding hydrogens is 345 g/mol. The molecule has 2 aromatic rings. The van der Waals surface area contributed by atoms with Gasteiger partial charge in [0.2, 0.25) is 17.5 Å². The van der Waals surface area contributed by atoms with Crippen LogP contribution in [-0.2, 0) is 10.0 Å². The number of sulfonamides is 1. The minimum Gasteiger partial charge on any atom is -0.422 e. The van der Waals surface area contributed by atoms with Crippen LogP contribution in [0.5, 0.6) is 0 Å². The molecule has 6 nitrogen and oxygen atoms in total. The van der Waals surface area contributed by atoms with Gasteiger partial charge in [0.25, 0.3) is 10.0 Å². The molecule has 8 heteroatoms. The molecule has 0 atom stereocenters. The molecule has 132 valence electrons. The Morgan fingerprint density at radius 3 is 2.68 bits per heavy atom. The summed E-state index contributed by atoms with van der Waals surface area (Å²) in [5.74, 6) is -0.296. The number of anilines is 1. The third kappa shape index (κ3) is 3.37. The van der Waals surface area contributed by atoms with Crippen molar-refractivity contribution in [2.24, 2.45) is 0 Å². The van der Waals surface area contributed by atoms with Crippen LogP contribution in [0.2, 0.25) is 0 Å². The van der Waals surface area contributed by atoms with Crippen LogP contribution in [0.15, 0.2) is 33.6 Å². The van der Waals surface area contributed by atoms with Gasteiger partial charge in [-0.3, -0.25) is 0 Å². The first kappa shape index (κ1) is 17.4. The van der Waals surface area contributed by atoms with Crippen LogP contribution < -0.4 is 4.31 Å². The van der Waals surface area contributed by atoms with Gasteiger partial charge in [-0.05, 0) is 31.0 Å². The van der Waals surface area contributed by atoms with Crippen LogP contribution >= 0.6 is 0 Å². The Kier molecular flexibility index (Phi) is 4.77. The van der Waals surface area contributed by atoms with E-state index >= 15 is 0 Å². The zero-order valence-electron chi connectivity index (χ0n) is 13.8. The van der Waals surface area contributed by atoms with E-state index in [1.165, 1.54) is 19.2 Å². The van der Waals surface area contributed by atoms with Crippen molar-refractivity contribution in [1.29, 1.82) is 5.26 Å². The molecule has 25 heavy (non-hydrogen) atoms. The van der Waals surface area contributed by atoms with E-state index in [-0.39, 0.29) is 22.4 Å². The highest BCUT2D eigenvalue weighted by molar-refractivity contribution is 7.92. The number of benzene rings is 1. The van der Waals surface area contributed by atoms with Crippen LogP contribution in [-0.4, -0.2) is 20.4 Å². The smallest absolute Gasteiger partial charge is 0.266 e. The Bertz CT molecular complexity index is 911. The lowest BCUT2D eigenvalue weighted by atomic mass is 9.89. The normalized spacial score (nSPS) is 15.7. The van der Waals surface area contributed by atoms with Crippen molar-refractivity contribution < 1.29 is 17.2 Å². The number of nitriles is 1. The van der Waals surface area contributed by atoms with Gasteiger partial charge in [-0.2, -0.15) is 5.26 Å². The molecule has 1 heterocycles. The van der Waals surface area contributed by atoms with Gasteiger partial charge in [-0.25, -0.2) is 22.1 Å². The molecule has 1 aromatic carbocycles. The van der Waals surface area contributed by atoms with Crippen LogP contribution in [0.1, 0.15) is 49.6 Å². The van der Waals surface area contributed by atoms with Gasteiger partial charge in [0.1, 0.15) is 11.9 Å². The Balaban J connectivity index is 1.97. The zero-order chi connectivity index (χ0) is 18.0. The summed E-state index contributed by atoms with van der Waals surface area (Å²) in [6, 6.07) is 6.58. The van der Waals surface area contributed by atoms with Crippen molar-refractivity contribution in [2.45, 2.75) is 42.9 Å². The van der Waals surface area contributed by atoms with Crippen molar-refractivity contribution in [3.05, 3.63) is 41.7 Å². The van der Waals surface area contributed by atoms with Crippen molar-refractivity contribution in [1.82, 2.24) is 4.98 Å². The molecule has 0 N–H and O–H groups in total. The fraction of sp³-hybridized carbons (Fsp3) is 0.412. The predicted octanol–water partition coefficient (Wildman–Crippen LogP) is 3.56. The number of nitrogens with zero attached hydrogens (tertiary/aromatic N) is 3. The molecule has 0 unspecified atom stereocenters. The maximum absolute atomic E-state index is 13.4. The van der Waals surface area contributed by atoms with E-state index < -0.39 is 15.8 Å². The maximum atomic E-state index is 13.4. The van der Waals surface area contributed by atoms with Crippen LogP contribution in [0.25, 0.3) is 0 Å². The Labute approximate surface area is 145 Å². The SMILES string of the molecule is CN(c1oc(C2CCCCC2)nc1C#N)S(=O)(=O)c1cccc(F)c1. The summed E-state index contributed by atoms with van der Waals surface area (Å²) in [5.41, 5.74) is -0.0805. The van der Waals surface area contributed by atoms with E-state index in [1.807, 2.05) is 6.07 Å². The highest BCUT2D eigenvalue weighted by Crippen LogP contribution is 2.36. The average Bonchev–Trinajstić information content (AvgIpc) is 3.06. The zero-order valence-corrected chi connectivity index (χ0v) is 14.6. The third-order valence-corrected chi connectivity index (χ3v) is 6.16. The standard InChI is InChI=1S/C17H18FN3O3S/c1-21(25(22,23)14-9-5-8-13(18)10-14)17-15(11-19)20-16(24-17)12-6-3-2-4-7-12/h5,8-10,12H,2-4,6-7H2,1H3. The quantitative estimate of drug-likeness (QED) is 0.829. The monoisotopic (exact) mass is 363 g/mol. The highest BCUT2D eigenvalue weighted by atomic mass is 32.2. The molecule has 1 aliphatic carbocycles. The second-order valence-corrected chi connectivity index (χ2v) is 8.05. The average molecular weight is 363 g/mol. The summed E-state index contributed by atoms with van der Waals surface area (Å²) in [5, 5.41) is 9.31. The summed E-state index contributed by atoms with van der Waals surface area (Å²) in [4.78, 5) is 3.98. The van der Waals surface area contributed by atoms with Crippen molar-refractivity contribution >= 4 is 15.9 Å². The summed E-state index contributed by atoms with van der Waals surface area (Å²) in [6.07, 6.45) is 5.09. The summed E-state index contributed by atoms with van der Waals surface area (Å²) in [7, 11) is -2.79. The Hall–Kier alpha value is -2.40. The fourth-order valence-corrected chi connectivity index (χ4v) is 4.20. The molecule has 3 rings (SSSR count). The number of halogens is 1. The molecular formula is C17H18FN3O3S. The van der Waals surface area contributed by atoms with Crippen LogP contribution in [0.3, 0.4) is 0 Å². The molecule has 0 aliphatic heterocycles. The lowest BCUT2D eigenvalue weighted by Gasteiger charge is -2.19. The van der Waals surface area contributed by atoms with Gasteiger partial charge in [0.05, 0.1) is 4.90 Å². The van der Waals surface area contributed by atoms with E-state index in [4.69, 9.17) is 4.42 Å². The summed E-state index contributed by atoms with van der Waals surface area (Å²) in [6.45, 7) is 0. The minimum atomic E-state index is -4.06. The summed E-state index contributed by atoms with van der Waals surface area (Å²) >= 11 is 0. The molecule has 1 fully saturated rings. The predicted molar refractivity (Wildman–Crippen MR) is 89.0 cm³/mol. The van der Waals surface area contributed by atoms with Gasteiger partial charge in [-0.1, -0.05) is 25.3 Å². The maximum Gasteiger partial charge on any atom is 0.266 e. The highest BCUT2D eigenvalue weighted by Gasteiger charge is 2.30. The Morgan fingerprint density at radius 2 is 2.04 bits per heavy atom. The number of aromatic nitrogens is 1. The van der Waals surface area contributed by atoms with Gasteiger partial charge in [-0.15, -0.1) is 0 Å². The number of rotatable bonds is 4. The van der Waals surface area contributed by atoms with Gasteiger partial charge < -0.3 is 4.42 Å². The second-order valence-electron chi connectivity index (χ2n) is 6.08. The molecule has 1 saturated carbocycles. The van der Waals surface area contributed by atoms with Crippen molar-refractivity contribution in [2.75, 3.05) is 11.4 Å². The van der Waals surface area contributed by atoms with Crippen molar-refractivity contribution in [3.8, 4) is 6.07 Å². The molecule has 1 aliphatic rings. The van der Waals surface area contributed by atoms with E-state index in [0.717, 1.165) is 48.5 Å². The molecule has 0 spiro atoms. The summed E-state index contributed by atoms with van der Waals surface area (Å²) < 4.78 is 45.3. The largest absolute Gasteiger partial charge is 0.422 e. The first-order valence-electron chi connectivity index (χ1n) is 8.09. The molecule has 0 amide bonds. The van der Waals surface area contributed by atoms with Crippen LogP contribution in [0, 0.1) is 17.1 Å². The van der Waals surface area contributed by atoms with Crippen LogP contribution in [0.4, 0.5) is 10.3 Å². The van der Waals surface area contributed by atoms with Gasteiger partial charge in [0.15, 0.2) is 0 Å². The topological polar surface area (TPSA) is 87.2 Å². The van der Waals surface area contributed by atoms with E-state index in [9.17, 15) is 18.1 Å². The first-order valence-corrected chi connectivity index (χ1v) is 9.53. The Morgan fingerprint density at radius 1 is 1.32 bits per heavy atom. The number of hydrogen-bond donors (Lipinski definition) is 0. The van der Waals surface area contributed by atoms with Gasteiger partial charge >= 0.3 is 0 Å². The minimum absolute atomic E-state index is 0.0805. The van der Waals surface area contributed by atoms with Gasteiger partial charge in [0, 0.05) is 13.0 Å².